The summed E-state index contributed by atoms with van der Waals surface area (Å²) >= 11 is 0. The number of allylic oxidation sites excluding steroid dienone is 6. The first-order chi connectivity index (χ1) is 37.0. The van der Waals surface area contributed by atoms with Gasteiger partial charge in [0.1, 0.15) is 0 Å². The molecular weight excluding hydrogens is 923 g/mol. The lowest BCUT2D eigenvalue weighted by atomic mass is 10.0. The molecule has 75 heavy (non-hydrogen) atoms. The van der Waals surface area contributed by atoms with E-state index < -0.39 is 12.1 Å². The second-order valence-corrected chi connectivity index (χ2v) is 23.1. The molecule has 1 amide bonds. The average molecular weight is 1050 g/mol. The summed E-state index contributed by atoms with van der Waals surface area (Å²) in [5, 5.41) is 23.4. The lowest BCUT2D eigenvalue weighted by molar-refractivity contribution is -0.143. The van der Waals surface area contributed by atoms with Crippen LogP contribution in [0.3, 0.4) is 0 Å². The Bertz CT molecular complexity index is 1210. The first-order valence-corrected chi connectivity index (χ1v) is 33.7. The molecule has 3 N–H and O–H groups in total. The summed E-state index contributed by atoms with van der Waals surface area (Å²) in [5.74, 6) is -0.0444. The molecule has 0 saturated carbocycles. The molecule has 442 valence electrons. The summed E-state index contributed by atoms with van der Waals surface area (Å²) < 4.78 is 5.48. The molecule has 0 rings (SSSR count). The maximum Gasteiger partial charge on any atom is 0.305 e. The molecule has 0 heterocycles. The topological polar surface area (TPSA) is 95.9 Å². The highest BCUT2D eigenvalue weighted by Crippen LogP contribution is 2.18. The maximum atomic E-state index is 12.5. The fraction of sp³-hybridized carbons (Fsp3) is 0.884. The molecule has 0 aromatic heterocycles. The Morgan fingerprint density at radius 1 is 0.373 bits per heavy atom. The van der Waals surface area contributed by atoms with Crippen LogP contribution in [-0.2, 0) is 14.3 Å². The number of nitrogens with one attached hydrogen (secondary N) is 1. The minimum Gasteiger partial charge on any atom is -0.466 e. The van der Waals surface area contributed by atoms with Crippen LogP contribution in [0.2, 0.25) is 0 Å². The third-order valence-corrected chi connectivity index (χ3v) is 15.7. The maximum absolute atomic E-state index is 12.5. The van der Waals surface area contributed by atoms with Crippen LogP contribution in [0.4, 0.5) is 0 Å². The van der Waals surface area contributed by atoms with Crippen molar-refractivity contribution in [3.8, 4) is 0 Å². The Balaban J connectivity index is 3.43. The number of aliphatic hydroxyl groups excluding tert-OH is 2. The third kappa shape index (κ3) is 61.2. The average Bonchev–Trinajstić information content (AvgIpc) is 3.41. The minimum atomic E-state index is -0.671. The fourth-order valence-electron chi connectivity index (χ4n) is 10.5. The van der Waals surface area contributed by atoms with Crippen LogP contribution < -0.4 is 5.32 Å². The molecule has 2 atom stereocenters. The van der Waals surface area contributed by atoms with E-state index in [9.17, 15) is 19.8 Å². The van der Waals surface area contributed by atoms with Crippen molar-refractivity contribution >= 4 is 11.9 Å². The predicted octanol–water partition coefficient (Wildman–Crippen LogP) is 21.5. The summed E-state index contributed by atoms with van der Waals surface area (Å²) in [5.41, 5.74) is 0. The van der Waals surface area contributed by atoms with Gasteiger partial charge < -0.3 is 20.3 Å². The van der Waals surface area contributed by atoms with Crippen LogP contribution in [0.15, 0.2) is 36.5 Å². The zero-order chi connectivity index (χ0) is 54.3. The van der Waals surface area contributed by atoms with Crippen molar-refractivity contribution < 1.29 is 24.5 Å². The summed E-state index contributed by atoms with van der Waals surface area (Å²) in [6.07, 6.45) is 81.7. The summed E-state index contributed by atoms with van der Waals surface area (Å²) in [7, 11) is 0. The van der Waals surface area contributed by atoms with Gasteiger partial charge in [0.25, 0.3) is 0 Å². The van der Waals surface area contributed by atoms with E-state index in [-0.39, 0.29) is 18.5 Å². The fourth-order valence-corrected chi connectivity index (χ4v) is 10.5. The van der Waals surface area contributed by atoms with E-state index in [1.807, 2.05) is 0 Å². The number of esters is 1. The number of unbranched alkanes of at least 4 members (excludes halogenated alkanes) is 46. The van der Waals surface area contributed by atoms with Crippen LogP contribution in [0, 0.1) is 0 Å². The van der Waals surface area contributed by atoms with Crippen LogP contribution in [0.5, 0.6) is 0 Å². The number of aliphatic hydroxyl groups is 2. The van der Waals surface area contributed by atoms with Crippen molar-refractivity contribution in [2.75, 3.05) is 13.2 Å². The van der Waals surface area contributed by atoms with E-state index in [0.29, 0.717) is 25.9 Å². The van der Waals surface area contributed by atoms with Crippen molar-refractivity contribution in [1.29, 1.82) is 0 Å². The summed E-state index contributed by atoms with van der Waals surface area (Å²) in [6, 6.07) is -0.549. The van der Waals surface area contributed by atoms with E-state index in [4.69, 9.17) is 4.74 Å². The lowest BCUT2D eigenvalue weighted by Gasteiger charge is -2.22. The molecule has 0 radical (unpaired) electrons. The number of carbonyl (C=O) groups excluding carboxylic acids is 2. The Hall–Kier alpha value is -1.92. The van der Waals surface area contributed by atoms with E-state index in [0.717, 1.165) is 51.4 Å². The van der Waals surface area contributed by atoms with Crippen molar-refractivity contribution in [1.82, 2.24) is 5.32 Å². The van der Waals surface area contributed by atoms with E-state index in [1.54, 1.807) is 0 Å². The number of hydrogen-bond donors (Lipinski definition) is 3. The van der Waals surface area contributed by atoms with Gasteiger partial charge >= 0.3 is 5.97 Å². The van der Waals surface area contributed by atoms with Gasteiger partial charge in [-0.2, -0.15) is 0 Å². The van der Waals surface area contributed by atoms with E-state index in [2.05, 4.69) is 55.6 Å². The van der Waals surface area contributed by atoms with Gasteiger partial charge in [0.2, 0.25) is 5.91 Å². The van der Waals surface area contributed by atoms with Gasteiger partial charge in [0.05, 0.1) is 25.4 Å². The number of carbonyl (C=O) groups is 2. The molecule has 0 aliphatic heterocycles. The SMILES string of the molecule is CCCCCC/C=C\C/C=C\CCCCCCCC(=O)OCCCCCCCCCCCC/C=C\CCCCCCCCCC(=O)NC(CO)C(O)CCCCCCCCCCCCCCCCCCCCCCC. The van der Waals surface area contributed by atoms with Crippen LogP contribution in [0.1, 0.15) is 367 Å². The number of hydrogen-bond acceptors (Lipinski definition) is 5. The second kappa shape index (κ2) is 64.6. The number of rotatable bonds is 63. The highest BCUT2D eigenvalue weighted by molar-refractivity contribution is 5.76. The monoisotopic (exact) mass is 1050 g/mol. The first-order valence-electron chi connectivity index (χ1n) is 33.7. The van der Waals surface area contributed by atoms with Crippen molar-refractivity contribution in [3.05, 3.63) is 36.5 Å². The summed E-state index contributed by atoms with van der Waals surface area (Å²) in [6.45, 7) is 4.95. The summed E-state index contributed by atoms with van der Waals surface area (Å²) in [4.78, 5) is 24.6. The molecule has 2 unspecified atom stereocenters. The molecule has 0 aliphatic carbocycles. The lowest BCUT2D eigenvalue weighted by Crippen LogP contribution is -2.45. The zero-order valence-electron chi connectivity index (χ0n) is 50.5. The Morgan fingerprint density at radius 2 is 0.667 bits per heavy atom. The van der Waals surface area contributed by atoms with Gasteiger partial charge in [0.15, 0.2) is 0 Å². The Labute approximate surface area is 468 Å². The third-order valence-electron chi connectivity index (χ3n) is 15.7. The van der Waals surface area contributed by atoms with E-state index >= 15 is 0 Å². The van der Waals surface area contributed by atoms with Crippen LogP contribution >= 0.6 is 0 Å². The molecule has 0 aromatic rings. The highest BCUT2D eigenvalue weighted by Gasteiger charge is 2.20. The molecule has 0 bridgehead atoms. The standard InChI is InChI=1S/C69H131NO5/c1-3-5-7-9-11-13-15-17-19-21-22-24-27-30-33-37-41-45-49-53-57-61-67(72)66(65-71)70-68(73)62-58-54-50-46-42-38-34-31-28-25-23-26-29-32-36-40-44-48-52-56-60-64-75-69(74)63-59-55-51-47-43-39-35-20-18-16-14-12-10-8-6-4-2/h14,16,20,25,28,35,66-67,71-72H,3-13,15,17-19,21-24,26-27,29-34,36-65H2,1-2H3,(H,70,73)/b16-14-,28-25-,35-20-. The highest BCUT2D eigenvalue weighted by atomic mass is 16.5. The first kappa shape index (κ1) is 73.1. The van der Waals surface area contributed by atoms with Crippen molar-refractivity contribution in [3.63, 3.8) is 0 Å². The Morgan fingerprint density at radius 3 is 1.04 bits per heavy atom. The van der Waals surface area contributed by atoms with Gasteiger partial charge in [-0.05, 0) is 83.5 Å². The minimum absolute atomic E-state index is 0.00471. The van der Waals surface area contributed by atoms with Gasteiger partial charge in [-0.15, -0.1) is 0 Å². The van der Waals surface area contributed by atoms with E-state index in [1.165, 1.54) is 283 Å². The van der Waals surface area contributed by atoms with Crippen LogP contribution in [0.25, 0.3) is 0 Å². The quantitative estimate of drug-likeness (QED) is 0.0320. The van der Waals surface area contributed by atoms with Crippen molar-refractivity contribution in [2.24, 2.45) is 0 Å². The van der Waals surface area contributed by atoms with Crippen LogP contribution in [-0.4, -0.2) is 47.4 Å². The van der Waals surface area contributed by atoms with Gasteiger partial charge in [-0.25, -0.2) is 0 Å². The number of amides is 1. The molecule has 6 heteroatoms. The Kier molecular flexibility index (Phi) is 63.0. The molecular formula is C69H131NO5. The molecule has 0 spiro atoms. The van der Waals surface area contributed by atoms with Gasteiger partial charge in [-0.3, -0.25) is 9.59 Å². The molecule has 6 nitrogen and oxygen atoms in total. The largest absolute Gasteiger partial charge is 0.466 e. The molecule has 0 saturated heterocycles. The molecule has 0 aliphatic rings. The van der Waals surface area contributed by atoms with Crippen molar-refractivity contribution in [2.45, 2.75) is 379 Å². The zero-order valence-corrected chi connectivity index (χ0v) is 50.5. The predicted molar refractivity (Wildman–Crippen MR) is 329 cm³/mol. The second-order valence-electron chi connectivity index (χ2n) is 23.1. The van der Waals surface area contributed by atoms with Gasteiger partial charge in [0, 0.05) is 12.8 Å². The normalized spacial score (nSPS) is 12.7. The van der Waals surface area contributed by atoms with Gasteiger partial charge in [-0.1, -0.05) is 307 Å². The molecule has 0 fully saturated rings. The molecule has 0 aromatic carbocycles. The number of ether oxygens (including phenoxy) is 1. The smallest absolute Gasteiger partial charge is 0.305 e.